The second-order valence-electron chi connectivity index (χ2n) is 6.54. The number of amides is 2. The van der Waals surface area contributed by atoms with Crippen LogP contribution in [0.15, 0.2) is 42.7 Å². The molecular weight excluding hydrogens is 330 g/mol. The van der Waals surface area contributed by atoms with Crippen LogP contribution in [-0.4, -0.2) is 42.7 Å². The van der Waals surface area contributed by atoms with Crippen LogP contribution in [0.25, 0.3) is 0 Å². The molecule has 26 heavy (non-hydrogen) atoms. The predicted octanol–water partition coefficient (Wildman–Crippen LogP) is 3.72. The summed E-state index contributed by atoms with van der Waals surface area (Å²) in [6.07, 6.45) is 5.43. The number of carbonyl (C=O) groups excluding carboxylic acids is 1. The molecule has 0 aliphatic carbocycles. The Balaban J connectivity index is 1.45. The number of likely N-dealkylation sites (tertiary alicyclic amines) is 1. The van der Waals surface area contributed by atoms with E-state index in [2.05, 4.69) is 10.3 Å². The largest absolute Gasteiger partial charge is 0.497 e. The first-order valence-electron chi connectivity index (χ1n) is 8.89. The summed E-state index contributed by atoms with van der Waals surface area (Å²) in [6, 6.07) is 9.22. The van der Waals surface area contributed by atoms with Crippen LogP contribution in [0.1, 0.15) is 18.4 Å². The number of rotatable bonds is 5. The quantitative estimate of drug-likeness (QED) is 0.888. The first kappa shape index (κ1) is 18.0. The van der Waals surface area contributed by atoms with Crippen LogP contribution < -0.4 is 14.8 Å². The van der Waals surface area contributed by atoms with Crippen LogP contribution in [0.4, 0.5) is 10.5 Å². The molecule has 1 aliphatic heterocycles. The van der Waals surface area contributed by atoms with Crippen molar-refractivity contribution >= 4 is 11.7 Å². The first-order chi connectivity index (χ1) is 12.7. The van der Waals surface area contributed by atoms with Gasteiger partial charge in [-0.1, -0.05) is 6.07 Å². The Kier molecular flexibility index (Phi) is 5.94. The monoisotopic (exact) mass is 355 g/mol. The molecule has 1 N–H and O–H groups in total. The Hall–Kier alpha value is -2.76. The fraction of sp³-hybridized carbons (Fsp3) is 0.400. The number of carbonyl (C=O) groups is 1. The highest BCUT2D eigenvalue weighted by Crippen LogP contribution is 2.22. The number of hydrogen-bond acceptors (Lipinski definition) is 4. The molecule has 0 spiro atoms. The van der Waals surface area contributed by atoms with Gasteiger partial charge < -0.3 is 19.7 Å². The van der Waals surface area contributed by atoms with E-state index in [1.54, 1.807) is 19.5 Å². The maximum absolute atomic E-state index is 12.4. The summed E-state index contributed by atoms with van der Waals surface area (Å²) in [5.74, 6) is 2.08. The van der Waals surface area contributed by atoms with Crippen LogP contribution in [0.3, 0.4) is 0 Å². The predicted molar refractivity (Wildman–Crippen MR) is 101 cm³/mol. The van der Waals surface area contributed by atoms with Gasteiger partial charge in [0.2, 0.25) is 0 Å². The van der Waals surface area contributed by atoms with Gasteiger partial charge >= 0.3 is 6.03 Å². The van der Waals surface area contributed by atoms with Gasteiger partial charge in [0.15, 0.2) is 0 Å². The first-order valence-corrected chi connectivity index (χ1v) is 8.89. The van der Waals surface area contributed by atoms with Crippen LogP contribution in [0, 0.1) is 12.8 Å². The molecule has 1 aromatic carbocycles. The van der Waals surface area contributed by atoms with Gasteiger partial charge in [-0.05, 0) is 43.9 Å². The number of anilines is 1. The number of methoxy groups -OCH3 is 1. The molecule has 1 aliphatic rings. The molecule has 1 saturated heterocycles. The minimum absolute atomic E-state index is 0.0670. The second kappa shape index (κ2) is 8.56. The third kappa shape index (κ3) is 4.65. The lowest BCUT2D eigenvalue weighted by Gasteiger charge is -2.32. The molecule has 2 heterocycles. The van der Waals surface area contributed by atoms with Gasteiger partial charge in [-0.2, -0.15) is 0 Å². The molecule has 1 aromatic heterocycles. The molecule has 3 rings (SSSR count). The van der Waals surface area contributed by atoms with Gasteiger partial charge in [-0.25, -0.2) is 4.79 Å². The summed E-state index contributed by atoms with van der Waals surface area (Å²) in [6.45, 7) is 4.14. The lowest BCUT2D eigenvalue weighted by atomic mass is 9.98. The number of piperidine rings is 1. The SMILES string of the molecule is COc1cccc(NC(=O)N2CCC(COc3ccncc3C)CC2)c1. The Morgan fingerprint density at radius 3 is 2.85 bits per heavy atom. The maximum Gasteiger partial charge on any atom is 0.321 e. The number of aromatic nitrogens is 1. The van der Waals surface area contributed by atoms with Crippen molar-refractivity contribution in [2.45, 2.75) is 19.8 Å². The average molecular weight is 355 g/mol. The highest BCUT2D eigenvalue weighted by molar-refractivity contribution is 5.89. The number of aryl methyl sites for hydroxylation is 1. The molecule has 6 heteroatoms. The summed E-state index contributed by atoms with van der Waals surface area (Å²) in [4.78, 5) is 18.4. The second-order valence-corrected chi connectivity index (χ2v) is 6.54. The van der Waals surface area contributed by atoms with Crippen molar-refractivity contribution in [1.29, 1.82) is 0 Å². The number of ether oxygens (including phenoxy) is 2. The minimum atomic E-state index is -0.0670. The molecule has 0 saturated carbocycles. The van der Waals surface area contributed by atoms with Crippen molar-refractivity contribution in [3.05, 3.63) is 48.3 Å². The van der Waals surface area contributed by atoms with E-state index in [4.69, 9.17) is 9.47 Å². The van der Waals surface area contributed by atoms with E-state index in [-0.39, 0.29) is 6.03 Å². The Morgan fingerprint density at radius 2 is 2.12 bits per heavy atom. The highest BCUT2D eigenvalue weighted by atomic mass is 16.5. The molecule has 0 radical (unpaired) electrons. The Labute approximate surface area is 154 Å². The number of nitrogens with one attached hydrogen (secondary N) is 1. The number of pyridine rings is 1. The van der Waals surface area contributed by atoms with Gasteiger partial charge in [0.05, 0.1) is 13.7 Å². The standard InChI is InChI=1S/C20H25N3O3/c1-15-13-21-9-6-19(15)26-14-16-7-10-23(11-8-16)20(24)22-17-4-3-5-18(12-17)25-2/h3-6,9,12-13,16H,7-8,10-11,14H2,1-2H3,(H,22,24). The number of urea groups is 1. The lowest BCUT2D eigenvalue weighted by Crippen LogP contribution is -2.42. The van der Waals surface area contributed by atoms with Crippen molar-refractivity contribution in [2.75, 3.05) is 32.1 Å². The van der Waals surface area contributed by atoms with Gasteiger partial charge in [-0.15, -0.1) is 0 Å². The number of hydrogen-bond donors (Lipinski definition) is 1. The molecule has 0 atom stereocenters. The normalized spacial score (nSPS) is 14.8. The summed E-state index contributed by atoms with van der Waals surface area (Å²) in [5.41, 5.74) is 1.79. The fourth-order valence-electron chi connectivity index (χ4n) is 3.04. The van der Waals surface area contributed by atoms with E-state index in [9.17, 15) is 4.79 Å². The van der Waals surface area contributed by atoms with Crippen molar-refractivity contribution in [1.82, 2.24) is 9.88 Å². The van der Waals surface area contributed by atoms with E-state index in [0.717, 1.165) is 48.7 Å². The Bertz CT molecular complexity index is 743. The van der Waals surface area contributed by atoms with E-state index in [1.807, 2.05) is 42.2 Å². The fourth-order valence-corrected chi connectivity index (χ4v) is 3.04. The van der Waals surface area contributed by atoms with Gasteiger partial charge in [-0.3, -0.25) is 4.98 Å². The summed E-state index contributed by atoms with van der Waals surface area (Å²) >= 11 is 0. The maximum atomic E-state index is 12.4. The van der Waals surface area contributed by atoms with Crippen LogP contribution >= 0.6 is 0 Å². The topological polar surface area (TPSA) is 63.7 Å². The van der Waals surface area contributed by atoms with E-state index >= 15 is 0 Å². The van der Waals surface area contributed by atoms with Gasteiger partial charge in [0, 0.05) is 42.8 Å². The zero-order valence-electron chi connectivity index (χ0n) is 15.3. The molecule has 6 nitrogen and oxygen atoms in total. The summed E-state index contributed by atoms with van der Waals surface area (Å²) < 4.78 is 11.1. The van der Waals surface area contributed by atoms with E-state index in [1.165, 1.54) is 0 Å². The van der Waals surface area contributed by atoms with Gasteiger partial charge in [0.1, 0.15) is 11.5 Å². The molecule has 138 valence electrons. The minimum Gasteiger partial charge on any atom is -0.497 e. The number of nitrogens with zero attached hydrogens (tertiary/aromatic N) is 2. The smallest absolute Gasteiger partial charge is 0.321 e. The van der Waals surface area contributed by atoms with Gasteiger partial charge in [0.25, 0.3) is 0 Å². The molecule has 2 amide bonds. The lowest BCUT2D eigenvalue weighted by molar-refractivity contribution is 0.152. The van der Waals surface area contributed by atoms with E-state index in [0.29, 0.717) is 12.5 Å². The Morgan fingerprint density at radius 1 is 1.31 bits per heavy atom. The average Bonchev–Trinajstić information content (AvgIpc) is 2.68. The number of benzene rings is 1. The third-order valence-corrected chi connectivity index (χ3v) is 4.67. The van der Waals surface area contributed by atoms with Crippen LogP contribution in [0.5, 0.6) is 11.5 Å². The molecular formula is C20H25N3O3. The molecule has 0 unspecified atom stereocenters. The molecule has 1 fully saturated rings. The van der Waals surface area contributed by atoms with Crippen molar-refractivity contribution in [2.24, 2.45) is 5.92 Å². The molecule has 2 aromatic rings. The zero-order valence-corrected chi connectivity index (χ0v) is 15.3. The van der Waals surface area contributed by atoms with Crippen molar-refractivity contribution < 1.29 is 14.3 Å². The van der Waals surface area contributed by atoms with Crippen molar-refractivity contribution in [3.63, 3.8) is 0 Å². The third-order valence-electron chi connectivity index (χ3n) is 4.67. The van der Waals surface area contributed by atoms with Crippen LogP contribution in [0.2, 0.25) is 0 Å². The highest BCUT2D eigenvalue weighted by Gasteiger charge is 2.23. The van der Waals surface area contributed by atoms with E-state index < -0.39 is 0 Å². The van der Waals surface area contributed by atoms with Crippen molar-refractivity contribution in [3.8, 4) is 11.5 Å². The molecule has 0 bridgehead atoms. The zero-order chi connectivity index (χ0) is 18.4. The summed E-state index contributed by atoms with van der Waals surface area (Å²) in [7, 11) is 1.61. The van der Waals surface area contributed by atoms with Crippen LogP contribution in [-0.2, 0) is 0 Å². The summed E-state index contributed by atoms with van der Waals surface area (Å²) in [5, 5.41) is 2.94.